The summed E-state index contributed by atoms with van der Waals surface area (Å²) < 4.78 is 0. The van der Waals surface area contributed by atoms with Gasteiger partial charge in [-0.3, -0.25) is 0 Å². The number of benzene rings is 1. The summed E-state index contributed by atoms with van der Waals surface area (Å²) in [4.78, 5) is 2.23. The molecule has 0 aliphatic carbocycles. The lowest BCUT2D eigenvalue weighted by Crippen LogP contribution is -2.25. The zero-order chi connectivity index (χ0) is 16.4. The van der Waals surface area contributed by atoms with Gasteiger partial charge < -0.3 is 4.90 Å². The van der Waals surface area contributed by atoms with E-state index in [4.69, 9.17) is 0 Å². The molecule has 1 heteroatoms. The summed E-state index contributed by atoms with van der Waals surface area (Å²) in [5, 5.41) is 0. The van der Waals surface area contributed by atoms with Crippen molar-refractivity contribution in [2.24, 2.45) is 0 Å². The number of nitrogens with zero attached hydrogens (tertiary/aromatic N) is 1. The smallest absolute Gasteiger partial charge is 0.0517 e. The zero-order valence-electron chi connectivity index (χ0n) is 14.6. The molecule has 1 aliphatic heterocycles. The second kappa shape index (κ2) is 6.39. The van der Waals surface area contributed by atoms with Crippen molar-refractivity contribution in [3.63, 3.8) is 0 Å². The topological polar surface area (TPSA) is 3.24 Å². The molecule has 0 amide bonds. The van der Waals surface area contributed by atoms with Crippen LogP contribution in [0.5, 0.6) is 0 Å². The van der Waals surface area contributed by atoms with E-state index in [0.717, 1.165) is 24.1 Å². The SMILES string of the molecule is C=C(C=C(C)C)C1=C(CC)c2cccc(CC)c2N(C)C1=C. The zero-order valence-corrected chi connectivity index (χ0v) is 14.6. The minimum absolute atomic E-state index is 0.984. The number of likely N-dealkylation sites (N-methyl/N-ethyl adjacent to an activating group) is 1. The van der Waals surface area contributed by atoms with Gasteiger partial charge in [-0.2, -0.15) is 0 Å². The molecule has 116 valence electrons. The normalized spacial score (nSPS) is 14.0. The third-order valence-electron chi connectivity index (χ3n) is 4.29. The summed E-state index contributed by atoms with van der Waals surface area (Å²) in [7, 11) is 2.11. The third-order valence-corrected chi connectivity index (χ3v) is 4.29. The fourth-order valence-corrected chi connectivity index (χ4v) is 3.29. The standard InChI is InChI=1S/C21H27N/c1-8-17-11-10-12-19-18(9-2)20(15(5)13-14(3)4)16(6)22(7)21(17)19/h10-13H,5-6,8-9H2,1-4,7H3. The van der Waals surface area contributed by atoms with Crippen LogP contribution in [-0.4, -0.2) is 7.05 Å². The lowest BCUT2D eigenvalue weighted by Gasteiger charge is -2.35. The highest BCUT2D eigenvalue weighted by Crippen LogP contribution is 2.44. The van der Waals surface area contributed by atoms with Crippen molar-refractivity contribution < 1.29 is 0 Å². The first-order valence-electron chi connectivity index (χ1n) is 8.04. The van der Waals surface area contributed by atoms with Gasteiger partial charge in [0.15, 0.2) is 0 Å². The van der Waals surface area contributed by atoms with E-state index in [9.17, 15) is 0 Å². The average molecular weight is 293 g/mol. The Kier molecular flexibility index (Phi) is 4.75. The van der Waals surface area contributed by atoms with Gasteiger partial charge in [-0.25, -0.2) is 0 Å². The molecule has 2 rings (SSSR count). The van der Waals surface area contributed by atoms with Crippen molar-refractivity contribution in [1.82, 2.24) is 0 Å². The van der Waals surface area contributed by atoms with Gasteiger partial charge in [-0.05, 0) is 43.4 Å². The number of hydrogen-bond donors (Lipinski definition) is 0. The number of aryl methyl sites for hydroxylation is 1. The summed E-state index contributed by atoms with van der Waals surface area (Å²) >= 11 is 0. The predicted octanol–water partition coefficient (Wildman–Crippen LogP) is 5.90. The molecular formula is C21H27N. The Labute approximate surface area is 135 Å². The van der Waals surface area contributed by atoms with Crippen LogP contribution in [-0.2, 0) is 6.42 Å². The van der Waals surface area contributed by atoms with Gasteiger partial charge in [0, 0.05) is 23.9 Å². The third kappa shape index (κ3) is 2.68. The van der Waals surface area contributed by atoms with Crippen LogP contribution in [0.3, 0.4) is 0 Å². The second-order valence-electron chi connectivity index (χ2n) is 6.13. The Hall–Kier alpha value is -2.02. The highest BCUT2D eigenvalue weighted by atomic mass is 15.1. The fraction of sp³-hybridized carbons (Fsp3) is 0.333. The van der Waals surface area contributed by atoms with E-state index in [1.165, 1.54) is 33.5 Å². The fourth-order valence-electron chi connectivity index (χ4n) is 3.29. The van der Waals surface area contributed by atoms with Crippen molar-refractivity contribution in [1.29, 1.82) is 0 Å². The first-order chi connectivity index (χ1) is 10.4. The molecule has 0 N–H and O–H groups in total. The van der Waals surface area contributed by atoms with Crippen LogP contribution >= 0.6 is 0 Å². The molecule has 0 bridgehead atoms. The molecule has 1 aromatic rings. The first-order valence-corrected chi connectivity index (χ1v) is 8.04. The van der Waals surface area contributed by atoms with Gasteiger partial charge in [-0.15, -0.1) is 0 Å². The molecular weight excluding hydrogens is 266 g/mol. The van der Waals surface area contributed by atoms with Crippen molar-refractivity contribution in [2.45, 2.75) is 40.5 Å². The van der Waals surface area contributed by atoms with E-state index in [-0.39, 0.29) is 0 Å². The maximum absolute atomic E-state index is 4.36. The first kappa shape index (κ1) is 16.4. The van der Waals surface area contributed by atoms with Crippen LogP contribution in [0.25, 0.3) is 5.57 Å². The van der Waals surface area contributed by atoms with Gasteiger partial charge >= 0.3 is 0 Å². The second-order valence-corrected chi connectivity index (χ2v) is 6.13. The van der Waals surface area contributed by atoms with Crippen molar-refractivity contribution in [2.75, 3.05) is 11.9 Å². The molecule has 1 nitrogen and oxygen atoms in total. The summed E-state index contributed by atoms with van der Waals surface area (Å²) in [5.41, 5.74) is 9.93. The van der Waals surface area contributed by atoms with E-state index < -0.39 is 0 Å². The molecule has 1 aliphatic rings. The molecule has 0 unspecified atom stereocenters. The molecule has 0 saturated heterocycles. The van der Waals surface area contributed by atoms with E-state index in [1.54, 1.807) is 0 Å². The monoisotopic (exact) mass is 293 g/mol. The lowest BCUT2D eigenvalue weighted by molar-refractivity contribution is 1.02. The number of anilines is 1. The van der Waals surface area contributed by atoms with E-state index >= 15 is 0 Å². The number of fused-ring (bicyclic) bond motifs is 1. The summed E-state index contributed by atoms with van der Waals surface area (Å²) in [6.07, 6.45) is 4.17. The van der Waals surface area contributed by atoms with Gasteiger partial charge in [0.05, 0.1) is 5.69 Å². The number of hydrogen-bond acceptors (Lipinski definition) is 1. The molecule has 0 spiro atoms. The van der Waals surface area contributed by atoms with Crippen LogP contribution in [0.4, 0.5) is 5.69 Å². The maximum Gasteiger partial charge on any atom is 0.0517 e. The number of para-hydroxylation sites is 1. The van der Waals surface area contributed by atoms with E-state index in [2.05, 4.69) is 77.1 Å². The lowest BCUT2D eigenvalue weighted by atomic mass is 9.84. The number of rotatable bonds is 4. The summed E-state index contributed by atoms with van der Waals surface area (Å²) in [6.45, 7) is 17.3. The Morgan fingerprint density at radius 2 is 1.86 bits per heavy atom. The van der Waals surface area contributed by atoms with Gasteiger partial charge in [0.1, 0.15) is 0 Å². The van der Waals surface area contributed by atoms with Crippen LogP contribution in [0, 0.1) is 0 Å². The minimum atomic E-state index is 0.984. The largest absolute Gasteiger partial charge is 0.344 e. The molecule has 0 radical (unpaired) electrons. The predicted molar refractivity (Wildman–Crippen MR) is 99.1 cm³/mol. The van der Waals surface area contributed by atoms with E-state index in [1.807, 2.05) is 0 Å². The summed E-state index contributed by atoms with van der Waals surface area (Å²) in [6, 6.07) is 6.61. The van der Waals surface area contributed by atoms with Gasteiger partial charge in [0.2, 0.25) is 0 Å². The van der Waals surface area contributed by atoms with Crippen LogP contribution in [0.2, 0.25) is 0 Å². The van der Waals surface area contributed by atoms with Gasteiger partial charge in [-0.1, -0.05) is 56.9 Å². The molecule has 1 aromatic carbocycles. The quantitative estimate of drug-likeness (QED) is 0.625. The molecule has 0 aromatic heterocycles. The Bertz CT molecular complexity index is 682. The Morgan fingerprint density at radius 1 is 1.18 bits per heavy atom. The van der Waals surface area contributed by atoms with Crippen LogP contribution < -0.4 is 4.90 Å². The minimum Gasteiger partial charge on any atom is -0.344 e. The van der Waals surface area contributed by atoms with Crippen molar-refractivity contribution in [3.8, 4) is 0 Å². The van der Waals surface area contributed by atoms with E-state index in [0.29, 0.717) is 0 Å². The highest BCUT2D eigenvalue weighted by Gasteiger charge is 2.26. The molecule has 0 saturated carbocycles. The average Bonchev–Trinajstić information content (AvgIpc) is 2.48. The highest BCUT2D eigenvalue weighted by molar-refractivity contribution is 5.91. The van der Waals surface area contributed by atoms with Crippen molar-refractivity contribution >= 4 is 11.3 Å². The van der Waals surface area contributed by atoms with Crippen LogP contribution in [0.1, 0.15) is 45.2 Å². The van der Waals surface area contributed by atoms with Crippen molar-refractivity contribution in [3.05, 3.63) is 71.0 Å². The maximum atomic E-state index is 4.36. The molecule has 22 heavy (non-hydrogen) atoms. The molecule has 0 atom stereocenters. The number of allylic oxidation sites excluding steroid dienone is 4. The molecule has 1 heterocycles. The molecule has 0 fully saturated rings. The summed E-state index contributed by atoms with van der Waals surface area (Å²) in [5.74, 6) is 0. The van der Waals surface area contributed by atoms with Crippen LogP contribution in [0.15, 0.2) is 59.8 Å². The Morgan fingerprint density at radius 3 is 2.41 bits per heavy atom. The Balaban J connectivity index is 2.75. The van der Waals surface area contributed by atoms with Gasteiger partial charge in [0.25, 0.3) is 0 Å².